The second-order valence-electron chi connectivity index (χ2n) is 15.6. The number of carbonyl (C=O) groups is 3. The lowest BCUT2D eigenvalue weighted by Crippen LogP contribution is -2.14. The van der Waals surface area contributed by atoms with Crippen molar-refractivity contribution >= 4 is 77.7 Å². The van der Waals surface area contributed by atoms with Crippen LogP contribution in [0.2, 0.25) is 0 Å². The molecule has 0 aliphatic carbocycles. The summed E-state index contributed by atoms with van der Waals surface area (Å²) in [7, 11) is 5.36. The van der Waals surface area contributed by atoms with Crippen LogP contribution >= 0.6 is 15.9 Å². The van der Waals surface area contributed by atoms with E-state index in [1.165, 1.54) is 18.2 Å². The van der Waals surface area contributed by atoms with E-state index in [0.717, 1.165) is 49.6 Å². The van der Waals surface area contributed by atoms with Crippen LogP contribution in [0.1, 0.15) is 48.2 Å². The van der Waals surface area contributed by atoms with Gasteiger partial charge in [-0.1, -0.05) is 70.5 Å². The molecule has 70 heavy (non-hydrogen) atoms. The Balaban J connectivity index is 0.000000160. The van der Waals surface area contributed by atoms with E-state index < -0.39 is 27.6 Å². The molecule has 0 saturated carbocycles. The quantitative estimate of drug-likeness (QED) is 0.0512. The first kappa shape index (κ1) is 50.4. The SMILES string of the molecule is Cn1c(C(N)=O)cc2cc(O)ccc21.Cn1c(C(N)=O)cc2cc(OCc3cccc([N+](=O)[O-])c3)ccc21.Cn1c(C(N)=O)cc2cc(OCc3ccccc3)ccc21.O=[N+]([O-])c1cccc(CBr)c1. The van der Waals surface area contributed by atoms with Crippen LogP contribution < -0.4 is 26.7 Å². The predicted molar refractivity (Wildman–Crippen MR) is 270 cm³/mol. The van der Waals surface area contributed by atoms with Gasteiger partial charge in [-0.25, -0.2) is 0 Å². The van der Waals surface area contributed by atoms with Crippen molar-refractivity contribution in [3.8, 4) is 17.2 Å². The van der Waals surface area contributed by atoms with Crippen LogP contribution in [0, 0.1) is 20.2 Å². The highest BCUT2D eigenvalue weighted by molar-refractivity contribution is 9.08. The van der Waals surface area contributed by atoms with Crippen LogP contribution in [0.3, 0.4) is 0 Å². The molecule has 0 fully saturated rings. The molecule has 0 aliphatic heterocycles. The number of carbonyl (C=O) groups excluding carboxylic acids is 3. The highest BCUT2D eigenvalue weighted by Crippen LogP contribution is 2.27. The zero-order valence-electron chi connectivity index (χ0n) is 38.0. The Bertz CT molecular complexity index is 3380. The van der Waals surface area contributed by atoms with Crippen LogP contribution in [0.25, 0.3) is 32.7 Å². The molecule has 3 heterocycles. The highest BCUT2D eigenvalue weighted by Gasteiger charge is 2.14. The number of ether oxygens (including phenoxy) is 2. The molecule has 3 amide bonds. The Morgan fingerprint density at radius 3 is 1.33 bits per heavy atom. The molecule has 7 N–H and O–H groups in total. The van der Waals surface area contributed by atoms with E-state index >= 15 is 0 Å². The van der Waals surface area contributed by atoms with E-state index in [9.17, 15) is 39.7 Å². The number of primary amides is 3. The summed E-state index contributed by atoms with van der Waals surface area (Å²) in [5.41, 5.74) is 22.8. The number of non-ortho nitro benzene ring substituents is 2. The number of nitro groups is 2. The van der Waals surface area contributed by atoms with Gasteiger partial charge in [-0.3, -0.25) is 34.6 Å². The molecule has 6 aromatic carbocycles. The molecule has 19 heteroatoms. The monoisotopic (exact) mass is 1010 g/mol. The summed E-state index contributed by atoms with van der Waals surface area (Å²) in [6.45, 7) is 0.727. The number of phenols is 1. The fourth-order valence-electron chi connectivity index (χ4n) is 7.30. The first-order valence-corrected chi connectivity index (χ1v) is 22.2. The molecule has 0 atom stereocenters. The molecule has 0 saturated heterocycles. The molecule has 0 aliphatic rings. The number of nitrogens with zero attached hydrogens (tertiary/aromatic N) is 5. The molecule has 9 rings (SSSR count). The maximum atomic E-state index is 11.4. The number of benzene rings is 6. The van der Waals surface area contributed by atoms with Gasteiger partial charge in [0.1, 0.15) is 47.5 Å². The normalized spacial score (nSPS) is 10.5. The van der Waals surface area contributed by atoms with Gasteiger partial charge in [0.15, 0.2) is 0 Å². The van der Waals surface area contributed by atoms with E-state index in [1.54, 1.807) is 101 Å². The fourth-order valence-corrected chi connectivity index (χ4v) is 7.65. The van der Waals surface area contributed by atoms with Crippen LogP contribution in [-0.2, 0) is 39.7 Å². The van der Waals surface area contributed by atoms with Gasteiger partial charge < -0.3 is 45.5 Å². The van der Waals surface area contributed by atoms with Crippen LogP contribution in [0.5, 0.6) is 17.2 Å². The summed E-state index contributed by atoms with van der Waals surface area (Å²) in [5, 5.41) is 33.5. The lowest BCUT2D eigenvalue weighted by Gasteiger charge is -2.07. The maximum Gasteiger partial charge on any atom is 0.269 e. The number of fused-ring (bicyclic) bond motifs is 3. The number of nitro benzene ring substituents is 2. The standard InChI is InChI=1S/C17H15N3O4.C17H16N2O2.C10H10N2O2.C7H6BrNO2/c1-19-15-6-5-14(8-12(15)9-16(19)17(18)21)24-10-11-3-2-4-13(7-11)20(22)23;1-19-15-8-7-14(9-13(15)10-16(19)17(18)20)21-11-12-5-3-2-4-6-12;1-12-8-3-2-7(13)4-6(8)5-9(12)10(11)14;8-5-6-2-1-3-7(4-6)9(10)11/h2-9H,10H2,1H3,(H2,18,21);2-10H,11H2,1H3,(H2,18,20);2-5,13H,1H3,(H2,11,14);1-4H,5H2. The lowest BCUT2D eigenvalue weighted by molar-refractivity contribution is -0.385. The van der Waals surface area contributed by atoms with E-state index in [2.05, 4.69) is 15.9 Å². The number of halogens is 1. The highest BCUT2D eigenvalue weighted by atomic mass is 79.9. The average molecular weight is 1010 g/mol. The molecule has 3 aromatic heterocycles. The number of hydrogen-bond donors (Lipinski definition) is 4. The Morgan fingerprint density at radius 2 is 0.900 bits per heavy atom. The number of nitrogens with two attached hydrogens (primary N) is 3. The number of hydrogen-bond acceptors (Lipinski definition) is 10. The summed E-state index contributed by atoms with van der Waals surface area (Å²) >= 11 is 3.22. The number of phenolic OH excluding ortho intramolecular Hbond substituents is 1. The molecular weight excluding hydrogens is 965 g/mol. The van der Waals surface area contributed by atoms with Crippen molar-refractivity contribution in [1.82, 2.24) is 13.7 Å². The fraction of sp³-hybridized carbons (Fsp3) is 0.118. The number of amides is 3. The number of aromatic nitrogens is 3. The third kappa shape index (κ3) is 12.5. The van der Waals surface area contributed by atoms with Crippen LogP contribution in [-0.4, -0.2) is 46.4 Å². The molecule has 9 aromatic rings. The minimum absolute atomic E-state index is 0.0284. The molecule has 0 spiro atoms. The third-order valence-corrected chi connectivity index (χ3v) is 11.5. The van der Waals surface area contributed by atoms with Crippen LogP contribution in [0.15, 0.2) is 152 Å². The molecule has 0 bridgehead atoms. The number of aromatic hydroxyl groups is 1. The molecule has 0 radical (unpaired) electrons. The van der Waals surface area contributed by atoms with Gasteiger partial charge >= 0.3 is 0 Å². The van der Waals surface area contributed by atoms with Gasteiger partial charge in [-0.15, -0.1) is 0 Å². The largest absolute Gasteiger partial charge is 0.508 e. The zero-order chi connectivity index (χ0) is 50.6. The first-order chi connectivity index (χ1) is 33.4. The van der Waals surface area contributed by atoms with Gasteiger partial charge in [0.2, 0.25) is 0 Å². The van der Waals surface area contributed by atoms with E-state index in [4.69, 9.17) is 26.7 Å². The zero-order valence-corrected chi connectivity index (χ0v) is 39.6. The van der Waals surface area contributed by atoms with Crippen molar-refractivity contribution in [2.45, 2.75) is 18.5 Å². The molecule has 18 nitrogen and oxygen atoms in total. The van der Waals surface area contributed by atoms with Gasteiger partial charge in [-0.2, -0.15) is 0 Å². The minimum atomic E-state index is -0.493. The Labute approximate surface area is 408 Å². The van der Waals surface area contributed by atoms with Crippen LogP contribution in [0.4, 0.5) is 11.4 Å². The van der Waals surface area contributed by atoms with Gasteiger partial charge in [-0.05, 0) is 89.5 Å². The lowest BCUT2D eigenvalue weighted by atomic mass is 10.2. The van der Waals surface area contributed by atoms with Crippen molar-refractivity contribution in [2.24, 2.45) is 38.3 Å². The molecule has 358 valence electrons. The van der Waals surface area contributed by atoms with Gasteiger partial charge in [0.25, 0.3) is 29.1 Å². The summed E-state index contributed by atoms with van der Waals surface area (Å²) in [6, 6.07) is 44.1. The number of rotatable bonds is 12. The van der Waals surface area contributed by atoms with E-state index in [1.807, 2.05) is 67.7 Å². The average Bonchev–Trinajstić information content (AvgIpc) is 3.99. The van der Waals surface area contributed by atoms with Crippen molar-refractivity contribution in [1.29, 1.82) is 0 Å². The Kier molecular flexibility index (Phi) is 16.3. The smallest absolute Gasteiger partial charge is 0.269 e. The number of alkyl halides is 1. The van der Waals surface area contributed by atoms with E-state index in [0.29, 0.717) is 40.3 Å². The van der Waals surface area contributed by atoms with Crippen molar-refractivity contribution < 1.29 is 38.8 Å². The second-order valence-corrected chi connectivity index (χ2v) is 16.2. The summed E-state index contributed by atoms with van der Waals surface area (Å²) in [4.78, 5) is 54.0. The minimum Gasteiger partial charge on any atom is -0.508 e. The number of aryl methyl sites for hydroxylation is 3. The Hall–Kier alpha value is -8.97. The molecule has 0 unspecified atom stereocenters. The maximum absolute atomic E-state index is 11.4. The summed E-state index contributed by atoms with van der Waals surface area (Å²) in [6.07, 6.45) is 0. The third-order valence-electron chi connectivity index (χ3n) is 10.9. The van der Waals surface area contributed by atoms with E-state index in [-0.39, 0.29) is 23.7 Å². The second kappa shape index (κ2) is 22.7. The van der Waals surface area contributed by atoms with Crippen molar-refractivity contribution in [3.05, 3.63) is 206 Å². The summed E-state index contributed by atoms with van der Waals surface area (Å²) < 4.78 is 16.7. The predicted octanol–water partition coefficient (Wildman–Crippen LogP) is 9.09. The first-order valence-electron chi connectivity index (χ1n) is 21.1. The summed E-state index contributed by atoms with van der Waals surface area (Å²) in [5.74, 6) is 0.166. The van der Waals surface area contributed by atoms with Crippen molar-refractivity contribution in [2.75, 3.05) is 0 Å². The Morgan fingerprint density at radius 1 is 0.514 bits per heavy atom. The van der Waals surface area contributed by atoms with Gasteiger partial charge in [0, 0.05) is 83.4 Å². The van der Waals surface area contributed by atoms with Gasteiger partial charge in [0.05, 0.1) is 9.85 Å². The topological polar surface area (TPSA) is 269 Å². The molecular formula is C51H47BrN8O10. The van der Waals surface area contributed by atoms with Crippen molar-refractivity contribution in [3.63, 3.8) is 0 Å².